The first-order chi connectivity index (χ1) is 13.5. The maximum atomic E-state index is 13.3. The van der Waals surface area contributed by atoms with Crippen LogP contribution in [0.4, 0.5) is 9.39 Å². The van der Waals surface area contributed by atoms with Crippen LogP contribution in [0.5, 0.6) is 0 Å². The van der Waals surface area contributed by atoms with E-state index in [2.05, 4.69) is 10.6 Å². The molecule has 0 spiro atoms. The molecule has 2 amide bonds. The third-order valence-corrected chi connectivity index (χ3v) is 5.13. The van der Waals surface area contributed by atoms with Gasteiger partial charge in [0.15, 0.2) is 0 Å². The fourth-order valence-electron chi connectivity index (χ4n) is 2.54. The molecule has 0 saturated heterocycles. The minimum atomic E-state index is -0.488. The largest absolute Gasteiger partial charge is 0.347 e. The summed E-state index contributed by atoms with van der Waals surface area (Å²) >= 11 is 1.16. The van der Waals surface area contributed by atoms with E-state index < -0.39 is 11.7 Å². The lowest BCUT2D eigenvalue weighted by molar-refractivity contribution is 0.0953. The molecule has 2 N–H and O–H groups in total. The van der Waals surface area contributed by atoms with Crippen LogP contribution in [0.3, 0.4) is 0 Å². The summed E-state index contributed by atoms with van der Waals surface area (Å²) in [7, 11) is 0. The van der Waals surface area contributed by atoms with Crippen molar-refractivity contribution in [2.75, 3.05) is 5.32 Å². The predicted octanol–water partition coefficient (Wildman–Crippen LogP) is 4.25. The third kappa shape index (κ3) is 4.61. The number of halogens is 1. The van der Waals surface area contributed by atoms with Gasteiger partial charge in [0, 0.05) is 12.1 Å². The van der Waals surface area contributed by atoms with Gasteiger partial charge >= 0.3 is 0 Å². The number of amides is 2. The zero-order valence-corrected chi connectivity index (χ0v) is 15.8. The summed E-state index contributed by atoms with van der Waals surface area (Å²) in [5.41, 5.74) is 2.37. The molecule has 5 nitrogen and oxygen atoms in total. The van der Waals surface area contributed by atoms with Gasteiger partial charge in [0.05, 0.1) is 21.5 Å². The van der Waals surface area contributed by atoms with E-state index >= 15 is 0 Å². The van der Waals surface area contributed by atoms with Crippen molar-refractivity contribution in [1.82, 2.24) is 5.32 Å². The Kier molecular flexibility index (Phi) is 5.82. The Morgan fingerprint density at radius 2 is 1.86 bits per heavy atom. The number of carbonyl (C=O) groups is 2. The summed E-state index contributed by atoms with van der Waals surface area (Å²) in [5.74, 6) is -1.18. The summed E-state index contributed by atoms with van der Waals surface area (Å²) in [6.07, 6.45) is 0. The molecule has 0 bridgehead atoms. The molecule has 0 aliphatic rings. The Morgan fingerprint density at radius 1 is 1.11 bits per heavy atom. The van der Waals surface area contributed by atoms with Gasteiger partial charge in [-0.3, -0.25) is 9.59 Å². The maximum absolute atomic E-state index is 13.3. The maximum Gasteiger partial charge on any atom is 0.261 e. The average Bonchev–Trinajstić information content (AvgIpc) is 3.06. The number of thiophene rings is 1. The molecule has 0 fully saturated rings. The zero-order valence-electron chi connectivity index (χ0n) is 15.0. The Balaban J connectivity index is 1.64. The molecular weight excluding hydrogens is 377 g/mol. The highest BCUT2D eigenvalue weighted by Gasteiger charge is 2.15. The van der Waals surface area contributed by atoms with Crippen LogP contribution >= 0.6 is 11.3 Å². The van der Waals surface area contributed by atoms with Crippen molar-refractivity contribution in [2.45, 2.75) is 13.5 Å². The van der Waals surface area contributed by atoms with Gasteiger partial charge < -0.3 is 10.6 Å². The predicted molar refractivity (Wildman–Crippen MR) is 106 cm³/mol. The fourth-order valence-corrected chi connectivity index (χ4v) is 3.53. The number of nitriles is 1. The molecule has 0 atom stereocenters. The number of rotatable bonds is 5. The molecule has 1 aromatic heterocycles. The number of nitrogens with one attached hydrogen (secondary N) is 2. The molecule has 3 aromatic rings. The molecule has 0 radical (unpaired) electrons. The molecule has 0 aliphatic carbocycles. The number of carbonyl (C=O) groups excluding carboxylic acids is 2. The minimum Gasteiger partial charge on any atom is -0.347 e. The van der Waals surface area contributed by atoms with E-state index in [4.69, 9.17) is 5.26 Å². The number of hydrogen-bond acceptors (Lipinski definition) is 4. The monoisotopic (exact) mass is 393 g/mol. The lowest BCUT2D eigenvalue weighted by Gasteiger charge is -2.05. The van der Waals surface area contributed by atoms with E-state index in [0.717, 1.165) is 28.5 Å². The molecule has 3 rings (SSSR count). The van der Waals surface area contributed by atoms with Crippen LogP contribution in [0.2, 0.25) is 0 Å². The first-order valence-electron chi connectivity index (χ1n) is 8.41. The second kappa shape index (κ2) is 8.46. The Labute approximate surface area is 165 Å². The van der Waals surface area contributed by atoms with Gasteiger partial charge in [-0.1, -0.05) is 18.2 Å². The Morgan fingerprint density at radius 3 is 2.54 bits per heavy atom. The first kappa shape index (κ1) is 19.3. The van der Waals surface area contributed by atoms with E-state index in [-0.39, 0.29) is 11.5 Å². The lowest BCUT2D eigenvalue weighted by atomic mass is 10.1. The molecule has 0 aliphatic heterocycles. The Bertz CT molecular complexity index is 1070. The minimum absolute atomic E-state index is 0.206. The van der Waals surface area contributed by atoms with Crippen LogP contribution in [-0.2, 0) is 6.54 Å². The van der Waals surface area contributed by atoms with Gasteiger partial charge in [0.1, 0.15) is 5.82 Å². The third-order valence-electron chi connectivity index (χ3n) is 3.98. The fraction of sp³-hybridized carbons (Fsp3) is 0.0952. The van der Waals surface area contributed by atoms with Crippen LogP contribution in [0.1, 0.15) is 36.7 Å². The standard InChI is InChI=1S/C21H16FN3O2S/c1-13-9-18(25-20(26)16-3-2-4-17(22)10-16)28-19(13)21(27)24-12-15-7-5-14(11-23)6-8-15/h2-10H,12H2,1H3,(H,24,27)(H,25,26). The summed E-state index contributed by atoms with van der Waals surface area (Å²) < 4.78 is 13.3. The molecular formula is C21H16FN3O2S. The molecule has 0 unspecified atom stereocenters. The van der Waals surface area contributed by atoms with Crippen molar-refractivity contribution in [2.24, 2.45) is 0 Å². The van der Waals surface area contributed by atoms with Crippen molar-refractivity contribution in [1.29, 1.82) is 5.26 Å². The average molecular weight is 393 g/mol. The first-order valence-corrected chi connectivity index (χ1v) is 9.22. The number of anilines is 1. The second-order valence-electron chi connectivity index (χ2n) is 6.08. The van der Waals surface area contributed by atoms with Gasteiger partial charge in [-0.05, 0) is 54.4 Å². The highest BCUT2D eigenvalue weighted by atomic mass is 32.1. The smallest absolute Gasteiger partial charge is 0.261 e. The molecule has 28 heavy (non-hydrogen) atoms. The molecule has 0 saturated carbocycles. The lowest BCUT2D eigenvalue weighted by Crippen LogP contribution is -2.22. The van der Waals surface area contributed by atoms with E-state index in [1.165, 1.54) is 18.2 Å². The van der Waals surface area contributed by atoms with Crippen molar-refractivity contribution < 1.29 is 14.0 Å². The van der Waals surface area contributed by atoms with Crippen LogP contribution in [0, 0.1) is 24.1 Å². The SMILES string of the molecule is Cc1cc(NC(=O)c2cccc(F)c2)sc1C(=O)NCc1ccc(C#N)cc1. The van der Waals surface area contributed by atoms with Crippen LogP contribution in [0.25, 0.3) is 0 Å². The quantitative estimate of drug-likeness (QED) is 0.680. The molecule has 1 heterocycles. The molecule has 2 aromatic carbocycles. The number of aryl methyl sites for hydroxylation is 1. The van der Waals surface area contributed by atoms with Crippen LogP contribution in [0.15, 0.2) is 54.6 Å². The second-order valence-corrected chi connectivity index (χ2v) is 7.13. The van der Waals surface area contributed by atoms with Gasteiger partial charge in [-0.2, -0.15) is 5.26 Å². The Hall–Kier alpha value is -3.50. The highest BCUT2D eigenvalue weighted by Crippen LogP contribution is 2.27. The topological polar surface area (TPSA) is 82.0 Å². The van der Waals surface area contributed by atoms with Crippen LogP contribution < -0.4 is 10.6 Å². The van der Waals surface area contributed by atoms with E-state index in [1.807, 2.05) is 6.07 Å². The van der Waals surface area contributed by atoms with Gasteiger partial charge in [0.2, 0.25) is 0 Å². The van der Waals surface area contributed by atoms with E-state index in [0.29, 0.717) is 22.0 Å². The van der Waals surface area contributed by atoms with Gasteiger partial charge in [0.25, 0.3) is 11.8 Å². The van der Waals surface area contributed by atoms with Crippen molar-refractivity contribution in [3.8, 4) is 6.07 Å². The van der Waals surface area contributed by atoms with E-state index in [9.17, 15) is 14.0 Å². The van der Waals surface area contributed by atoms with Crippen molar-refractivity contribution in [3.63, 3.8) is 0 Å². The summed E-state index contributed by atoms with van der Waals surface area (Å²) in [4.78, 5) is 25.2. The van der Waals surface area contributed by atoms with E-state index in [1.54, 1.807) is 37.3 Å². The number of nitrogens with zero attached hydrogens (tertiary/aromatic N) is 1. The van der Waals surface area contributed by atoms with Crippen LogP contribution in [-0.4, -0.2) is 11.8 Å². The summed E-state index contributed by atoms with van der Waals surface area (Å²) in [6.45, 7) is 2.11. The van der Waals surface area contributed by atoms with Gasteiger partial charge in [-0.15, -0.1) is 11.3 Å². The van der Waals surface area contributed by atoms with Gasteiger partial charge in [-0.25, -0.2) is 4.39 Å². The number of hydrogen-bond donors (Lipinski definition) is 2. The highest BCUT2D eigenvalue weighted by molar-refractivity contribution is 7.18. The summed E-state index contributed by atoms with van der Waals surface area (Å²) in [6, 6.07) is 16.1. The van der Waals surface area contributed by atoms with Crippen molar-refractivity contribution in [3.05, 3.63) is 87.5 Å². The summed E-state index contributed by atoms with van der Waals surface area (Å²) in [5, 5.41) is 14.8. The molecule has 7 heteroatoms. The number of benzene rings is 2. The van der Waals surface area contributed by atoms with Crippen molar-refractivity contribution >= 4 is 28.2 Å². The normalized spacial score (nSPS) is 10.2. The molecule has 140 valence electrons. The zero-order chi connectivity index (χ0) is 20.1.